The molecule has 0 spiro atoms. The van der Waals surface area contributed by atoms with Crippen molar-refractivity contribution in [3.05, 3.63) is 68.9 Å². The highest BCUT2D eigenvalue weighted by molar-refractivity contribution is 7.71. The Balaban J connectivity index is 1.42. The van der Waals surface area contributed by atoms with Gasteiger partial charge < -0.3 is 9.80 Å². The first-order chi connectivity index (χ1) is 13.5. The fourth-order valence-corrected chi connectivity index (χ4v) is 4.65. The maximum absolute atomic E-state index is 12.5. The molecule has 0 bridgehead atoms. The summed E-state index contributed by atoms with van der Waals surface area (Å²) in [5.41, 5.74) is 3.59. The molecule has 0 unspecified atom stereocenters. The number of rotatable bonds is 4. The minimum Gasteiger partial charge on any atom is -0.327 e. The number of quaternary nitrogens is 1. The number of thiophene rings is 1. The first kappa shape index (κ1) is 19.1. The molecular formula is C21H25N4OS2+. The SMILES string of the molecule is Cc1ccc(C)c(-n2ccn(C[NH+]3CCN(C(=O)c4cccs4)CC3)c2=S)c1. The summed E-state index contributed by atoms with van der Waals surface area (Å²) < 4.78 is 5.05. The largest absolute Gasteiger partial charge is 0.327 e. The molecule has 1 aliphatic rings. The van der Waals surface area contributed by atoms with Crippen molar-refractivity contribution in [1.82, 2.24) is 14.0 Å². The van der Waals surface area contributed by atoms with Crippen molar-refractivity contribution in [2.75, 3.05) is 26.2 Å². The number of aromatic nitrogens is 2. The highest BCUT2D eigenvalue weighted by Gasteiger charge is 2.25. The molecule has 7 heteroatoms. The third kappa shape index (κ3) is 3.83. The number of amides is 1. The molecule has 1 saturated heterocycles. The highest BCUT2D eigenvalue weighted by atomic mass is 32.1. The summed E-state index contributed by atoms with van der Waals surface area (Å²) in [4.78, 5) is 16.7. The maximum atomic E-state index is 12.5. The number of carbonyl (C=O) groups excluding carboxylic acids is 1. The number of imidazole rings is 1. The Labute approximate surface area is 174 Å². The average molecular weight is 414 g/mol. The molecule has 1 aliphatic heterocycles. The van der Waals surface area contributed by atoms with Crippen LogP contribution in [-0.4, -0.2) is 46.1 Å². The van der Waals surface area contributed by atoms with Crippen LogP contribution in [0.5, 0.6) is 0 Å². The van der Waals surface area contributed by atoms with E-state index in [4.69, 9.17) is 12.2 Å². The first-order valence-electron chi connectivity index (χ1n) is 9.54. The normalized spacial score (nSPS) is 15.1. The zero-order valence-corrected chi connectivity index (χ0v) is 17.9. The van der Waals surface area contributed by atoms with Crippen LogP contribution in [-0.2, 0) is 6.67 Å². The number of nitrogens with one attached hydrogen (secondary N) is 1. The predicted molar refractivity (Wildman–Crippen MR) is 115 cm³/mol. The van der Waals surface area contributed by atoms with Gasteiger partial charge in [-0.1, -0.05) is 18.2 Å². The predicted octanol–water partition coefficient (Wildman–Crippen LogP) is 2.69. The Hall–Kier alpha value is -2.22. The van der Waals surface area contributed by atoms with E-state index in [-0.39, 0.29) is 5.91 Å². The van der Waals surface area contributed by atoms with Crippen LogP contribution < -0.4 is 4.90 Å². The van der Waals surface area contributed by atoms with Gasteiger partial charge in [-0.15, -0.1) is 11.3 Å². The summed E-state index contributed by atoms with van der Waals surface area (Å²) >= 11 is 7.26. The van der Waals surface area contributed by atoms with Gasteiger partial charge >= 0.3 is 0 Å². The molecule has 3 heterocycles. The van der Waals surface area contributed by atoms with Gasteiger partial charge in [0.25, 0.3) is 5.91 Å². The Morgan fingerprint density at radius 3 is 2.68 bits per heavy atom. The fourth-order valence-electron chi connectivity index (χ4n) is 3.68. The lowest BCUT2D eigenvalue weighted by Gasteiger charge is -2.32. The number of aryl methyl sites for hydroxylation is 2. The van der Waals surface area contributed by atoms with Crippen LogP contribution in [0.2, 0.25) is 0 Å². The van der Waals surface area contributed by atoms with Crippen LogP contribution in [0.15, 0.2) is 48.1 Å². The number of benzene rings is 1. The molecule has 0 saturated carbocycles. The lowest BCUT2D eigenvalue weighted by atomic mass is 10.1. The van der Waals surface area contributed by atoms with Gasteiger partial charge in [-0.3, -0.25) is 13.9 Å². The van der Waals surface area contributed by atoms with Crippen molar-refractivity contribution >= 4 is 29.5 Å². The monoisotopic (exact) mass is 413 g/mol. The van der Waals surface area contributed by atoms with Crippen LogP contribution in [0.4, 0.5) is 0 Å². The van der Waals surface area contributed by atoms with E-state index in [0.717, 1.165) is 48.2 Å². The molecule has 1 amide bonds. The summed E-state index contributed by atoms with van der Waals surface area (Å²) in [5.74, 6) is 0.159. The summed E-state index contributed by atoms with van der Waals surface area (Å²) in [6.07, 6.45) is 4.13. The maximum Gasteiger partial charge on any atom is 0.264 e. The first-order valence-corrected chi connectivity index (χ1v) is 10.8. The van der Waals surface area contributed by atoms with Crippen molar-refractivity contribution in [3.63, 3.8) is 0 Å². The van der Waals surface area contributed by atoms with Gasteiger partial charge in [0, 0.05) is 12.4 Å². The van der Waals surface area contributed by atoms with Crippen molar-refractivity contribution in [1.29, 1.82) is 0 Å². The van der Waals surface area contributed by atoms with E-state index in [1.807, 2.05) is 22.4 Å². The lowest BCUT2D eigenvalue weighted by Crippen LogP contribution is -3.14. The fraction of sp³-hybridized carbons (Fsp3) is 0.333. The van der Waals surface area contributed by atoms with Gasteiger partial charge in [0.2, 0.25) is 0 Å². The Morgan fingerprint density at radius 1 is 1.18 bits per heavy atom. The van der Waals surface area contributed by atoms with Gasteiger partial charge in [-0.25, -0.2) is 0 Å². The molecular weight excluding hydrogens is 388 g/mol. The molecule has 0 atom stereocenters. The standard InChI is InChI=1S/C21H24N4OS2/c1-16-5-6-17(2)18(14-16)25-12-11-24(21(25)27)15-22-7-9-23(10-8-22)20(26)19-4-3-13-28-19/h3-6,11-14H,7-10,15H2,1-2H3/p+1. The molecule has 2 aromatic heterocycles. The van der Waals surface area contributed by atoms with Gasteiger partial charge in [0.1, 0.15) is 0 Å². The van der Waals surface area contributed by atoms with E-state index in [0.29, 0.717) is 0 Å². The second kappa shape index (κ2) is 8.03. The highest BCUT2D eigenvalue weighted by Crippen LogP contribution is 2.17. The second-order valence-corrected chi connectivity index (χ2v) is 8.70. The molecule has 3 aromatic rings. The van der Waals surface area contributed by atoms with E-state index in [2.05, 4.69) is 53.6 Å². The smallest absolute Gasteiger partial charge is 0.264 e. The topological polar surface area (TPSA) is 34.6 Å². The van der Waals surface area contributed by atoms with Crippen LogP contribution in [0.25, 0.3) is 5.69 Å². The van der Waals surface area contributed by atoms with E-state index in [1.165, 1.54) is 27.4 Å². The average Bonchev–Trinajstić information content (AvgIpc) is 3.35. The minimum absolute atomic E-state index is 0.159. The third-order valence-electron chi connectivity index (χ3n) is 5.36. The van der Waals surface area contributed by atoms with Gasteiger partial charge in [-0.05, 0) is 54.7 Å². The van der Waals surface area contributed by atoms with E-state index in [1.54, 1.807) is 0 Å². The Kier molecular flexibility index (Phi) is 5.48. The number of nitrogens with zero attached hydrogens (tertiary/aromatic N) is 3. The van der Waals surface area contributed by atoms with E-state index in [9.17, 15) is 4.79 Å². The number of piperazine rings is 1. The zero-order valence-electron chi connectivity index (χ0n) is 16.2. The van der Waals surface area contributed by atoms with E-state index < -0.39 is 0 Å². The molecule has 1 aromatic carbocycles. The van der Waals surface area contributed by atoms with E-state index >= 15 is 0 Å². The van der Waals surface area contributed by atoms with Gasteiger partial charge in [-0.2, -0.15) is 0 Å². The summed E-state index contributed by atoms with van der Waals surface area (Å²) in [7, 11) is 0. The van der Waals surface area contributed by atoms with Crippen LogP contribution >= 0.6 is 23.6 Å². The van der Waals surface area contributed by atoms with Crippen molar-refractivity contribution < 1.29 is 9.69 Å². The van der Waals surface area contributed by atoms with Crippen LogP contribution in [0, 0.1) is 18.6 Å². The quantitative estimate of drug-likeness (QED) is 0.668. The number of hydrogen-bond acceptors (Lipinski definition) is 3. The Bertz CT molecular complexity index is 1030. The van der Waals surface area contributed by atoms with Crippen molar-refractivity contribution in [2.24, 2.45) is 0 Å². The van der Waals surface area contributed by atoms with Crippen LogP contribution in [0.3, 0.4) is 0 Å². The summed E-state index contributed by atoms with van der Waals surface area (Å²) in [6.45, 7) is 8.50. The minimum atomic E-state index is 0.159. The summed E-state index contributed by atoms with van der Waals surface area (Å²) in [5, 5.41) is 1.96. The molecule has 1 fully saturated rings. The molecule has 5 nitrogen and oxygen atoms in total. The third-order valence-corrected chi connectivity index (χ3v) is 6.64. The zero-order chi connectivity index (χ0) is 19.7. The molecule has 4 rings (SSSR count). The van der Waals surface area contributed by atoms with Crippen molar-refractivity contribution in [3.8, 4) is 5.69 Å². The molecule has 0 radical (unpaired) electrons. The van der Waals surface area contributed by atoms with Gasteiger partial charge in [0.15, 0.2) is 11.4 Å². The molecule has 1 N–H and O–H groups in total. The van der Waals surface area contributed by atoms with Crippen LogP contribution in [0.1, 0.15) is 20.8 Å². The molecule has 28 heavy (non-hydrogen) atoms. The Morgan fingerprint density at radius 2 is 1.96 bits per heavy atom. The van der Waals surface area contributed by atoms with Crippen molar-refractivity contribution in [2.45, 2.75) is 20.5 Å². The second-order valence-electron chi connectivity index (χ2n) is 7.39. The summed E-state index contributed by atoms with van der Waals surface area (Å²) in [6, 6.07) is 10.3. The molecule has 146 valence electrons. The lowest BCUT2D eigenvalue weighted by molar-refractivity contribution is -0.926. The van der Waals surface area contributed by atoms with Gasteiger partial charge in [0.05, 0.1) is 36.7 Å². The number of hydrogen-bond donors (Lipinski definition) is 1. The number of carbonyl (C=O) groups is 1. The molecule has 0 aliphatic carbocycles.